The van der Waals surface area contributed by atoms with Crippen LogP contribution in [0.15, 0.2) is 29.2 Å². The summed E-state index contributed by atoms with van der Waals surface area (Å²) in [6, 6.07) is 7.58. The van der Waals surface area contributed by atoms with Crippen molar-refractivity contribution in [1.82, 2.24) is 5.32 Å². The molecule has 3 heteroatoms. The summed E-state index contributed by atoms with van der Waals surface area (Å²) >= 11 is 1.75. The molecule has 16 heavy (non-hydrogen) atoms. The van der Waals surface area contributed by atoms with Gasteiger partial charge < -0.3 is 5.32 Å². The third-order valence-corrected chi connectivity index (χ3v) is 4.00. The first-order chi connectivity index (χ1) is 7.84. The highest BCUT2D eigenvalue weighted by molar-refractivity contribution is 7.99. The summed E-state index contributed by atoms with van der Waals surface area (Å²) in [5, 5.41) is 3.50. The van der Waals surface area contributed by atoms with Crippen LogP contribution in [0.3, 0.4) is 0 Å². The van der Waals surface area contributed by atoms with Gasteiger partial charge in [-0.3, -0.25) is 0 Å². The van der Waals surface area contributed by atoms with Crippen molar-refractivity contribution >= 4 is 11.8 Å². The van der Waals surface area contributed by atoms with Crippen LogP contribution in [0.2, 0.25) is 0 Å². The molecule has 0 aromatic heterocycles. The molecule has 1 aromatic rings. The number of nitrogens with one attached hydrogen (secondary N) is 1. The number of hydrogen-bond donors (Lipinski definition) is 1. The molecule has 88 valence electrons. The Morgan fingerprint density at radius 1 is 1.44 bits per heavy atom. The van der Waals surface area contributed by atoms with Crippen LogP contribution in [-0.4, -0.2) is 18.3 Å². The topological polar surface area (TPSA) is 12.0 Å². The van der Waals surface area contributed by atoms with Crippen LogP contribution >= 0.6 is 11.8 Å². The highest BCUT2D eigenvalue weighted by Gasteiger charge is 2.12. The summed E-state index contributed by atoms with van der Waals surface area (Å²) in [7, 11) is 0. The van der Waals surface area contributed by atoms with Gasteiger partial charge in [0.2, 0.25) is 0 Å². The van der Waals surface area contributed by atoms with Gasteiger partial charge in [0.15, 0.2) is 0 Å². The van der Waals surface area contributed by atoms with E-state index < -0.39 is 0 Å². The molecule has 0 spiro atoms. The maximum absolute atomic E-state index is 12.9. The molecule has 0 bridgehead atoms. The Morgan fingerprint density at radius 3 is 3.12 bits per heavy atom. The van der Waals surface area contributed by atoms with Gasteiger partial charge in [-0.15, -0.1) is 11.8 Å². The maximum Gasteiger partial charge on any atom is 0.124 e. The van der Waals surface area contributed by atoms with Gasteiger partial charge in [0.25, 0.3) is 0 Å². The molecule has 1 saturated heterocycles. The van der Waals surface area contributed by atoms with Crippen molar-refractivity contribution in [3.8, 4) is 0 Å². The summed E-state index contributed by atoms with van der Waals surface area (Å²) in [5.74, 6) is 0.948. The lowest BCUT2D eigenvalue weighted by Gasteiger charge is -2.09. The minimum Gasteiger partial charge on any atom is -0.314 e. The highest BCUT2D eigenvalue weighted by Crippen LogP contribution is 2.21. The van der Waals surface area contributed by atoms with Crippen LogP contribution in [0.5, 0.6) is 0 Å². The Kier molecular flexibility index (Phi) is 4.67. The lowest BCUT2D eigenvalue weighted by Crippen LogP contribution is -2.20. The normalized spacial score (nSPS) is 20.2. The molecule has 1 unspecified atom stereocenters. The van der Waals surface area contributed by atoms with E-state index in [1.165, 1.54) is 38.3 Å². The van der Waals surface area contributed by atoms with Gasteiger partial charge in [-0.2, -0.15) is 0 Å². The molecular formula is C13H18FNS. The summed E-state index contributed by atoms with van der Waals surface area (Å²) in [4.78, 5) is 1.04. The van der Waals surface area contributed by atoms with Gasteiger partial charge in [0, 0.05) is 10.9 Å². The molecule has 0 aliphatic carbocycles. The molecule has 1 heterocycles. The van der Waals surface area contributed by atoms with Crippen LogP contribution in [0, 0.1) is 5.82 Å². The minimum atomic E-state index is -0.137. The summed E-state index contributed by atoms with van der Waals surface area (Å²) in [6.45, 7) is 1.18. The van der Waals surface area contributed by atoms with Crippen LogP contribution in [0.1, 0.15) is 25.7 Å². The number of hydrogen-bond acceptors (Lipinski definition) is 2. The van der Waals surface area contributed by atoms with Crippen molar-refractivity contribution in [2.75, 3.05) is 12.3 Å². The molecule has 1 nitrogen and oxygen atoms in total. The number of benzene rings is 1. The van der Waals surface area contributed by atoms with E-state index in [1.807, 2.05) is 6.07 Å². The smallest absolute Gasteiger partial charge is 0.124 e. The van der Waals surface area contributed by atoms with E-state index in [0.29, 0.717) is 0 Å². The molecule has 2 rings (SSSR count). The second-order valence-electron chi connectivity index (χ2n) is 4.24. The van der Waals surface area contributed by atoms with Gasteiger partial charge >= 0.3 is 0 Å². The van der Waals surface area contributed by atoms with Crippen molar-refractivity contribution in [3.63, 3.8) is 0 Å². The van der Waals surface area contributed by atoms with E-state index in [2.05, 4.69) is 5.32 Å². The molecule has 1 N–H and O–H groups in total. The van der Waals surface area contributed by atoms with Crippen molar-refractivity contribution in [3.05, 3.63) is 30.1 Å². The van der Waals surface area contributed by atoms with Crippen LogP contribution < -0.4 is 5.32 Å². The van der Waals surface area contributed by atoms with E-state index in [-0.39, 0.29) is 5.82 Å². The predicted octanol–water partition coefficient (Wildman–Crippen LogP) is 3.45. The molecule has 1 aromatic carbocycles. The first-order valence-electron chi connectivity index (χ1n) is 5.96. The first-order valence-corrected chi connectivity index (χ1v) is 6.95. The molecule has 1 atom stereocenters. The fourth-order valence-electron chi connectivity index (χ4n) is 2.08. The molecule has 0 amide bonds. The van der Waals surface area contributed by atoms with Gasteiger partial charge in [-0.25, -0.2) is 4.39 Å². The molecular weight excluding hydrogens is 221 g/mol. The first kappa shape index (κ1) is 11.9. The van der Waals surface area contributed by atoms with Crippen LogP contribution in [0.4, 0.5) is 4.39 Å². The predicted molar refractivity (Wildman–Crippen MR) is 67.4 cm³/mol. The average molecular weight is 239 g/mol. The zero-order valence-electron chi connectivity index (χ0n) is 9.42. The third-order valence-electron chi connectivity index (χ3n) is 2.92. The van der Waals surface area contributed by atoms with E-state index in [9.17, 15) is 4.39 Å². The standard InChI is InChI=1S/C13H18FNS/c14-11-4-1-7-13(10-11)16-9-3-6-12-5-2-8-15-12/h1,4,7,10,12,15H,2-3,5-6,8-9H2. The van der Waals surface area contributed by atoms with Gasteiger partial charge in [-0.1, -0.05) is 6.07 Å². The summed E-state index contributed by atoms with van der Waals surface area (Å²) < 4.78 is 12.9. The molecule has 1 aliphatic heterocycles. The van der Waals surface area contributed by atoms with E-state index in [1.54, 1.807) is 23.9 Å². The quantitative estimate of drug-likeness (QED) is 0.624. The second kappa shape index (κ2) is 6.26. The zero-order valence-corrected chi connectivity index (χ0v) is 10.2. The molecule has 1 aliphatic rings. The van der Waals surface area contributed by atoms with Crippen molar-refractivity contribution in [2.45, 2.75) is 36.6 Å². The summed E-state index contributed by atoms with van der Waals surface area (Å²) in [6.07, 6.45) is 5.10. The fraction of sp³-hybridized carbons (Fsp3) is 0.538. The number of rotatable bonds is 5. The van der Waals surface area contributed by atoms with Crippen LogP contribution in [-0.2, 0) is 0 Å². The highest BCUT2D eigenvalue weighted by atomic mass is 32.2. The van der Waals surface area contributed by atoms with Gasteiger partial charge in [-0.05, 0) is 56.2 Å². The van der Waals surface area contributed by atoms with Crippen LogP contribution in [0.25, 0.3) is 0 Å². The number of thioether (sulfide) groups is 1. The molecule has 1 fully saturated rings. The molecule has 0 radical (unpaired) electrons. The van der Waals surface area contributed by atoms with Gasteiger partial charge in [0.1, 0.15) is 5.82 Å². The van der Waals surface area contributed by atoms with E-state index >= 15 is 0 Å². The van der Waals surface area contributed by atoms with E-state index in [0.717, 1.165) is 16.7 Å². The lowest BCUT2D eigenvalue weighted by molar-refractivity contribution is 0.553. The third kappa shape index (κ3) is 3.80. The summed E-state index contributed by atoms with van der Waals surface area (Å²) in [5.41, 5.74) is 0. The van der Waals surface area contributed by atoms with Crippen molar-refractivity contribution < 1.29 is 4.39 Å². The van der Waals surface area contributed by atoms with E-state index in [4.69, 9.17) is 0 Å². The lowest BCUT2D eigenvalue weighted by atomic mass is 10.1. The second-order valence-corrected chi connectivity index (χ2v) is 5.41. The Hall–Kier alpha value is -0.540. The SMILES string of the molecule is Fc1cccc(SCCCC2CCCN2)c1. The van der Waals surface area contributed by atoms with Crippen molar-refractivity contribution in [1.29, 1.82) is 0 Å². The fourth-order valence-corrected chi connectivity index (χ4v) is 3.00. The Balaban J connectivity index is 1.64. The molecule has 0 saturated carbocycles. The average Bonchev–Trinajstić information content (AvgIpc) is 2.77. The Morgan fingerprint density at radius 2 is 2.38 bits per heavy atom. The Labute approximate surface area is 101 Å². The largest absolute Gasteiger partial charge is 0.314 e. The number of halogens is 1. The zero-order chi connectivity index (χ0) is 11.2. The Bertz CT molecular complexity index is 323. The van der Waals surface area contributed by atoms with Crippen molar-refractivity contribution in [2.24, 2.45) is 0 Å². The maximum atomic E-state index is 12.9. The minimum absolute atomic E-state index is 0.137. The monoisotopic (exact) mass is 239 g/mol. The van der Waals surface area contributed by atoms with Gasteiger partial charge in [0.05, 0.1) is 0 Å².